The molecule has 0 aromatic heterocycles. The average molecular weight is 1190 g/mol. The Hall–Kier alpha value is -4.64. The van der Waals surface area contributed by atoms with Gasteiger partial charge in [-0.15, -0.1) is 0 Å². The van der Waals surface area contributed by atoms with Gasteiger partial charge in [-0.1, -0.05) is 250 Å². The van der Waals surface area contributed by atoms with E-state index in [1.165, 1.54) is 83.5 Å². The first-order valence-corrected chi connectivity index (χ1v) is 34.2. The molecule has 0 rings (SSSR count). The van der Waals surface area contributed by atoms with Crippen LogP contribution in [0.5, 0.6) is 0 Å². The van der Waals surface area contributed by atoms with Crippen molar-refractivity contribution in [1.82, 2.24) is 0 Å². The molecule has 0 heterocycles. The van der Waals surface area contributed by atoms with Crippen LogP contribution in [0, 0.1) is 0 Å². The van der Waals surface area contributed by atoms with Crippen LogP contribution in [-0.2, 0) is 42.2 Å². The van der Waals surface area contributed by atoms with Crippen LogP contribution < -0.4 is 0 Å². The van der Waals surface area contributed by atoms with Gasteiger partial charge in [0.2, 0.25) is 0 Å². The largest absolute Gasteiger partial charge is 0.472 e. The highest BCUT2D eigenvalue weighted by Crippen LogP contribution is 2.43. The summed E-state index contributed by atoms with van der Waals surface area (Å²) in [6, 6.07) is 0. The number of aliphatic hydroxyl groups excluding tert-OH is 1. The number of unbranched alkanes of at least 4 members (excludes halogenated alkanes) is 18. The van der Waals surface area contributed by atoms with E-state index in [2.05, 4.69) is 154 Å². The van der Waals surface area contributed by atoms with Crippen molar-refractivity contribution < 1.29 is 52.2 Å². The number of phosphoric ester groups is 1. The highest BCUT2D eigenvalue weighted by Gasteiger charge is 2.28. The van der Waals surface area contributed by atoms with Gasteiger partial charge in [-0.05, 0) is 128 Å². The molecule has 0 saturated carbocycles. The molecule has 0 fully saturated rings. The standard InChI is InChI=1S/C72H117O11P/c1-4-7-10-13-16-19-22-25-28-31-34-37-40-43-46-49-52-55-58-61-70(74)79-65-69(83-72(76)63-60-57-54-51-48-45-42-39-36-33-30-27-24-21-18-15-12-9-6-3)67-81-84(77,78)80-66-68(64-73)82-71(75)62-59-56-53-50-47-44-41-38-35-32-29-26-23-20-17-14-11-8-5-2/h8-9,11-12,17-18,20-21,25-30,35-36,38-39,44-45,47-48,54,57,68-69,73H,4-7,10,13-16,19,22-24,31-34,37,40-43,46,49-53,55-56,58-67H2,1-3H3,(H,77,78)/b11-8-,12-9-,20-17-,21-18-,28-25-,29-26-,30-27-,38-35-,39-36-,47-44-,48-45-,57-54-. The fraction of sp³-hybridized carbons (Fsp3) is 0.625. The maximum Gasteiger partial charge on any atom is 0.472 e. The maximum atomic E-state index is 13.0. The summed E-state index contributed by atoms with van der Waals surface area (Å²) >= 11 is 0. The lowest BCUT2D eigenvalue weighted by molar-refractivity contribution is -0.161. The predicted octanol–water partition coefficient (Wildman–Crippen LogP) is 20.3. The zero-order valence-electron chi connectivity index (χ0n) is 52.8. The quantitative estimate of drug-likeness (QED) is 0.0197. The van der Waals surface area contributed by atoms with Gasteiger partial charge < -0.3 is 24.2 Å². The molecule has 476 valence electrons. The molecular weight excluding hydrogens is 1070 g/mol. The lowest BCUT2D eigenvalue weighted by atomic mass is 10.1. The Morgan fingerprint density at radius 2 is 0.643 bits per heavy atom. The molecule has 2 N–H and O–H groups in total. The topological polar surface area (TPSA) is 155 Å². The van der Waals surface area contributed by atoms with Crippen LogP contribution in [0.3, 0.4) is 0 Å². The molecular formula is C72H117O11P. The van der Waals surface area contributed by atoms with Gasteiger partial charge in [0, 0.05) is 19.3 Å². The Balaban J connectivity index is 4.85. The third-order valence-electron chi connectivity index (χ3n) is 13.2. The van der Waals surface area contributed by atoms with E-state index < -0.39 is 57.8 Å². The number of allylic oxidation sites excluding steroid dienone is 24. The normalized spacial score (nSPS) is 14.2. The summed E-state index contributed by atoms with van der Waals surface area (Å²) in [5.41, 5.74) is 0. The molecule has 0 amide bonds. The van der Waals surface area contributed by atoms with Crippen LogP contribution in [0.1, 0.15) is 252 Å². The lowest BCUT2D eigenvalue weighted by Gasteiger charge is -2.21. The van der Waals surface area contributed by atoms with Gasteiger partial charge in [0.25, 0.3) is 0 Å². The summed E-state index contributed by atoms with van der Waals surface area (Å²) in [7, 11) is -4.80. The predicted molar refractivity (Wildman–Crippen MR) is 352 cm³/mol. The molecule has 0 radical (unpaired) electrons. The molecule has 0 bridgehead atoms. The van der Waals surface area contributed by atoms with Crippen LogP contribution in [0.15, 0.2) is 146 Å². The van der Waals surface area contributed by atoms with Gasteiger partial charge in [-0.25, -0.2) is 4.57 Å². The number of ether oxygens (including phenoxy) is 3. The highest BCUT2D eigenvalue weighted by atomic mass is 31.2. The first-order valence-electron chi connectivity index (χ1n) is 32.7. The summed E-state index contributed by atoms with van der Waals surface area (Å²) in [4.78, 5) is 48.8. The van der Waals surface area contributed by atoms with Crippen LogP contribution in [0.2, 0.25) is 0 Å². The van der Waals surface area contributed by atoms with E-state index in [0.29, 0.717) is 25.7 Å². The van der Waals surface area contributed by atoms with Crippen molar-refractivity contribution in [3.8, 4) is 0 Å². The molecule has 0 aliphatic rings. The van der Waals surface area contributed by atoms with Crippen LogP contribution in [0.4, 0.5) is 0 Å². The number of carbonyl (C=O) groups excluding carboxylic acids is 3. The molecule has 11 nitrogen and oxygen atoms in total. The van der Waals surface area contributed by atoms with Crippen molar-refractivity contribution in [1.29, 1.82) is 0 Å². The zero-order chi connectivity index (χ0) is 61.2. The van der Waals surface area contributed by atoms with Crippen molar-refractivity contribution >= 4 is 25.7 Å². The van der Waals surface area contributed by atoms with Crippen molar-refractivity contribution in [2.24, 2.45) is 0 Å². The third-order valence-corrected chi connectivity index (χ3v) is 14.2. The van der Waals surface area contributed by atoms with Gasteiger partial charge in [-0.3, -0.25) is 23.4 Å². The Morgan fingerprint density at radius 3 is 1.05 bits per heavy atom. The van der Waals surface area contributed by atoms with Gasteiger partial charge in [0.15, 0.2) is 6.10 Å². The van der Waals surface area contributed by atoms with Gasteiger partial charge >= 0.3 is 25.7 Å². The smallest absolute Gasteiger partial charge is 0.462 e. The Labute approximate surface area is 512 Å². The van der Waals surface area contributed by atoms with Crippen molar-refractivity contribution in [2.75, 3.05) is 26.4 Å². The van der Waals surface area contributed by atoms with E-state index in [4.69, 9.17) is 23.3 Å². The number of phosphoric acid groups is 1. The minimum absolute atomic E-state index is 0.0322. The summed E-state index contributed by atoms with van der Waals surface area (Å²) in [5, 5.41) is 9.86. The van der Waals surface area contributed by atoms with Crippen molar-refractivity contribution in [3.05, 3.63) is 146 Å². The first kappa shape index (κ1) is 79.4. The van der Waals surface area contributed by atoms with E-state index in [9.17, 15) is 28.9 Å². The molecule has 3 atom stereocenters. The monoisotopic (exact) mass is 1190 g/mol. The van der Waals surface area contributed by atoms with Crippen LogP contribution >= 0.6 is 7.82 Å². The Morgan fingerprint density at radius 1 is 0.345 bits per heavy atom. The molecule has 0 saturated heterocycles. The minimum Gasteiger partial charge on any atom is -0.462 e. The number of hydrogen-bond donors (Lipinski definition) is 2. The molecule has 3 unspecified atom stereocenters. The molecule has 12 heteroatoms. The number of esters is 3. The fourth-order valence-corrected chi connectivity index (χ4v) is 9.13. The van der Waals surface area contributed by atoms with E-state index in [1.807, 2.05) is 12.2 Å². The summed E-state index contributed by atoms with van der Waals surface area (Å²) in [6.07, 6.45) is 83.9. The summed E-state index contributed by atoms with van der Waals surface area (Å²) in [5.74, 6) is -1.61. The summed E-state index contributed by atoms with van der Waals surface area (Å²) < 4.78 is 39.6. The number of aliphatic hydroxyl groups is 1. The minimum atomic E-state index is -4.80. The molecule has 0 aliphatic carbocycles. The lowest BCUT2D eigenvalue weighted by Crippen LogP contribution is -2.30. The first-order chi connectivity index (χ1) is 41.2. The maximum absolute atomic E-state index is 13.0. The fourth-order valence-electron chi connectivity index (χ4n) is 8.34. The van der Waals surface area contributed by atoms with E-state index >= 15 is 0 Å². The Bertz CT molecular complexity index is 1970. The second-order valence-electron chi connectivity index (χ2n) is 21.2. The van der Waals surface area contributed by atoms with Gasteiger partial charge in [0.1, 0.15) is 12.7 Å². The number of rotatable bonds is 59. The molecule has 0 aromatic rings. The van der Waals surface area contributed by atoms with Crippen molar-refractivity contribution in [3.63, 3.8) is 0 Å². The molecule has 84 heavy (non-hydrogen) atoms. The van der Waals surface area contributed by atoms with E-state index in [1.54, 1.807) is 0 Å². The highest BCUT2D eigenvalue weighted by molar-refractivity contribution is 7.47. The summed E-state index contributed by atoms with van der Waals surface area (Å²) in [6.45, 7) is 4.30. The second-order valence-corrected chi connectivity index (χ2v) is 22.6. The SMILES string of the molecule is CC/C=C\C/C=C\C/C=C\C/C=C\C/C=C\C/C=C\CCC(=O)OC(COC(=O)CCCCCCCCCCC/C=C\CCCCCCCC)COP(=O)(O)OCC(CO)OC(=O)CCCCC/C=C\C/C=C\C/C=C\C/C=C\C/C=C\CC. The molecule has 0 spiro atoms. The van der Waals surface area contributed by atoms with Crippen molar-refractivity contribution in [2.45, 2.75) is 264 Å². The van der Waals surface area contributed by atoms with Gasteiger partial charge in [0.05, 0.1) is 19.8 Å². The second kappa shape index (κ2) is 64.4. The zero-order valence-corrected chi connectivity index (χ0v) is 53.7. The van der Waals surface area contributed by atoms with Crippen LogP contribution in [0.25, 0.3) is 0 Å². The molecule has 0 aliphatic heterocycles. The van der Waals surface area contributed by atoms with E-state index in [-0.39, 0.29) is 25.9 Å². The van der Waals surface area contributed by atoms with Gasteiger partial charge in [-0.2, -0.15) is 0 Å². The molecule has 0 aromatic carbocycles. The number of carbonyl (C=O) groups is 3. The third kappa shape index (κ3) is 61.9. The average Bonchev–Trinajstić information content (AvgIpc) is 3.53. The number of hydrogen-bond acceptors (Lipinski definition) is 10. The van der Waals surface area contributed by atoms with E-state index in [0.717, 1.165) is 103 Å². The van der Waals surface area contributed by atoms with Crippen LogP contribution in [-0.4, -0.2) is 66.5 Å². The Kier molecular flexibility index (Phi) is 60.8.